The number of fused-ring (bicyclic) bond motifs is 1. The molecule has 11 N–H and O–H groups in total. The Kier molecular flexibility index (Phi) is 13.9. The Hall–Kier alpha value is -3.97. The van der Waals surface area contributed by atoms with E-state index in [0.29, 0.717) is 5.75 Å². The Bertz CT molecular complexity index is 1990. The van der Waals surface area contributed by atoms with Gasteiger partial charge in [0.2, 0.25) is 23.8 Å². The van der Waals surface area contributed by atoms with Crippen LogP contribution in [-0.2, 0) is 25.4 Å². The topological polar surface area (TPSA) is 317 Å². The number of rotatable bonds is 12. The fourth-order valence-corrected chi connectivity index (χ4v) is 6.99. The van der Waals surface area contributed by atoms with Gasteiger partial charge in [0.25, 0.3) is 0 Å². The molecular weight excluding hydrogens is 788 g/mol. The van der Waals surface area contributed by atoms with Crippen LogP contribution in [0.2, 0.25) is 0 Å². The minimum absolute atomic E-state index is 0.000587. The van der Waals surface area contributed by atoms with Crippen molar-refractivity contribution in [3.8, 4) is 34.3 Å². The first-order chi connectivity index (χ1) is 28.0. The van der Waals surface area contributed by atoms with Crippen LogP contribution in [0.3, 0.4) is 0 Å². The monoisotopic (exact) mass is 838 g/mol. The molecule has 6 rings (SSSR count). The molecule has 0 aliphatic carbocycles. The maximum atomic E-state index is 14.7. The van der Waals surface area contributed by atoms with E-state index < -0.39 is 128 Å². The number of ether oxygens (including phenoxy) is 7. The van der Waals surface area contributed by atoms with Crippen molar-refractivity contribution in [3.63, 3.8) is 0 Å². The highest BCUT2D eigenvalue weighted by molar-refractivity contribution is 5.91. The number of aliphatic hydroxyl groups excluding tert-OH is 10. The number of benzene rings is 2. The van der Waals surface area contributed by atoms with Crippen molar-refractivity contribution in [2.45, 2.75) is 119 Å². The van der Waals surface area contributed by atoms with Crippen LogP contribution in [0.5, 0.6) is 23.0 Å². The summed E-state index contributed by atoms with van der Waals surface area (Å²) in [5.41, 5.74) is -0.0519. The summed E-state index contributed by atoms with van der Waals surface area (Å²) in [7, 11) is 1.44. The van der Waals surface area contributed by atoms with Crippen LogP contribution < -0.4 is 19.6 Å². The van der Waals surface area contributed by atoms with Gasteiger partial charge in [-0.3, -0.25) is 4.79 Å². The predicted molar refractivity (Wildman–Crippen MR) is 199 cm³/mol. The molecule has 15 atom stereocenters. The first kappa shape index (κ1) is 44.6. The standard InChI is InChI=1S/C39H50O20/c1-14(2)5-10-18-20(54-37-31(50)28(47)25(44)21(12-40)55-37)11-19(42)23-27(46)35(33(57-34(18)23)16-6-8-17(52-4)9-7-16)58-39-36(30(49)24(43)15(3)53-39)59-38-32(51)29(48)26(45)22(13-41)56-38/h5-9,11,15,21-22,24-26,28-32,36-45,47-51H,10,12-13H2,1-4H3. The van der Waals surface area contributed by atoms with Gasteiger partial charge in [0.15, 0.2) is 18.2 Å². The molecule has 0 bridgehead atoms. The van der Waals surface area contributed by atoms with Gasteiger partial charge in [-0.2, -0.15) is 0 Å². The second-order valence-corrected chi connectivity index (χ2v) is 14.8. The van der Waals surface area contributed by atoms with Gasteiger partial charge in [-0.15, -0.1) is 0 Å². The smallest absolute Gasteiger partial charge is 0.239 e. The van der Waals surface area contributed by atoms with E-state index in [0.717, 1.165) is 11.6 Å². The molecule has 2 aromatic carbocycles. The highest BCUT2D eigenvalue weighted by Gasteiger charge is 2.51. The third-order valence-corrected chi connectivity index (χ3v) is 10.5. The fraction of sp³-hybridized carbons (Fsp3) is 0.564. The average molecular weight is 839 g/mol. The third-order valence-electron chi connectivity index (χ3n) is 10.5. The summed E-state index contributed by atoms with van der Waals surface area (Å²) >= 11 is 0. The van der Waals surface area contributed by atoms with E-state index >= 15 is 0 Å². The van der Waals surface area contributed by atoms with Crippen molar-refractivity contribution < 1.29 is 93.7 Å². The maximum absolute atomic E-state index is 14.7. The molecule has 326 valence electrons. The van der Waals surface area contributed by atoms with Crippen LogP contribution in [0.4, 0.5) is 0 Å². The van der Waals surface area contributed by atoms with Crippen LogP contribution >= 0.6 is 0 Å². The van der Waals surface area contributed by atoms with Gasteiger partial charge in [0.1, 0.15) is 89.3 Å². The summed E-state index contributed by atoms with van der Waals surface area (Å²) in [6.45, 7) is 3.44. The minimum Gasteiger partial charge on any atom is -0.507 e. The normalized spacial score (nSPS) is 35.0. The summed E-state index contributed by atoms with van der Waals surface area (Å²) < 4.78 is 46.6. The van der Waals surface area contributed by atoms with Crippen LogP contribution in [-0.4, -0.2) is 169 Å². The largest absolute Gasteiger partial charge is 0.507 e. The second kappa shape index (κ2) is 18.3. The van der Waals surface area contributed by atoms with Gasteiger partial charge in [0, 0.05) is 17.2 Å². The number of hydrogen-bond donors (Lipinski definition) is 11. The number of phenols is 1. The lowest BCUT2D eigenvalue weighted by molar-refractivity contribution is -0.355. The molecule has 20 nitrogen and oxygen atoms in total. The first-order valence-electron chi connectivity index (χ1n) is 18.8. The molecule has 3 aromatic rings. The highest BCUT2D eigenvalue weighted by Crippen LogP contribution is 2.42. The van der Waals surface area contributed by atoms with E-state index in [1.165, 1.54) is 26.2 Å². The minimum atomic E-state index is -1.94. The zero-order chi connectivity index (χ0) is 43.0. The zero-order valence-electron chi connectivity index (χ0n) is 32.3. The van der Waals surface area contributed by atoms with E-state index in [1.807, 2.05) is 0 Å². The van der Waals surface area contributed by atoms with Gasteiger partial charge in [-0.05, 0) is 51.5 Å². The Balaban J connectivity index is 1.50. The fourth-order valence-electron chi connectivity index (χ4n) is 6.99. The summed E-state index contributed by atoms with van der Waals surface area (Å²) in [5, 5.41) is 115. The quantitative estimate of drug-likeness (QED) is 0.0870. The Morgan fingerprint density at radius 3 is 1.92 bits per heavy atom. The SMILES string of the molecule is COc1ccc(-c2oc3c(CC=C(C)C)c(OC4OC(CO)C(O)C(O)C4O)cc(O)c3c(=O)c2OC2OC(C)C(O)C(O)C2OC2OC(CO)C(O)C(O)C2O)cc1. The average Bonchev–Trinajstić information content (AvgIpc) is 3.21. The zero-order valence-corrected chi connectivity index (χ0v) is 32.3. The molecular formula is C39H50O20. The molecule has 1 aromatic heterocycles. The molecule has 0 saturated carbocycles. The number of methoxy groups -OCH3 is 1. The van der Waals surface area contributed by atoms with E-state index in [2.05, 4.69) is 0 Å². The van der Waals surface area contributed by atoms with Gasteiger partial charge >= 0.3 is 0 Å². The van der Waals surface area contributed by atoms with Crippen LogP contribution in [0.15, 0.2) is 51.2 Å². The predicted octanol–water partition coefficient (Wildman–Crippen LogP) is -2.11. The van der Waals surface area contributed by atoms with Gasteiger partial charge in [-0.1, -0.05) is 11.6 Å². The molecule has 0 radical (unpaired) electrons. The third kappa shape index (κ3) is 8.79. The molecule has 3 saturated heterocycles. The van der Waals surface area contributed by atoms with Crippen LogP contribution in [0.1, 0.15) is 26.3 Å². The molecule has 4 heterocycles. The van der Waals surface area contributed by atoms with Crippen molar-refractivity contribution >= 4 is 11.0 Å². The lowest BCUT2D eigenvalue weighted by atomic mass is 9.97. The summed E-state index contributed by atoms with van der Waals surface area (Å²) in [6, 6.07) is 7.17. The molecule has 3 aliphatic rings. The number of allylic oxidation sites excluding steroid dienone is 2. The molecule has 3 fully saturated rings. The first-order valence-corrected chi connectivity index (χ1v) is 18.8. The van der Waals surface area contributed by atoms with Crippen molar-refractivity contribution in [2.24, 2.45) is 0 Å². The number of aliphatic hydroxyl groups is 10. The van der Waals surface area contributed by atoms with Gasteiger partial charge in [-0.25, -0.2) is 0 Å². The highest BCUT2D eigenvalue weighted by atomic mass is 16.8. The molecule has 59 heavy (non-hydrogen) atoms. The summed E-state index contributed by atoms with van der Waals surface area (Å²) in [6.07, 6.45) is -23.6. The Morgan fingerprint density at radius 1 is 0.746 bits per heavy atom. The van der Waals surface area contributed by atoms with E-state index in [1.54, 1.807) is 32.1 Å². The van der Waals surface area contributed by atoms with Crippen molar-refractivity contribution in [2.75, 3.05) is 20.3 Å². The lowest BCUT2D eigenvalue weighted by Gasteiger charge is -2.45. The molecule has 15 unspecified atom stereocenters. The number of phenolic OH excluding ortho intramolecular Hbond substituents is 1. The lowest BCUT2D eigenvalue weighted by Crippen LogP contribution is -2.64. The van der Waals surface area contributed by atoms with Crippen molar-refractivity contribution in [1.82, 2.24) is 0 Å². The molecule has 0 amide bonds. The van der Waals surface area contributed by atoms with Crippen LogP contribution in [0.25, 0.3) is 22.3 Å². The van der Waals surface area contributed by atoms with Gasteiger partial charge < -0.3 is 93.7 Å². The molecule has 0 spiro atoms. The Morgan fingerprint density at radius 2 is 1.34 bits per heavy atom. The summed E-state index contributed by atoms with van der Waals surface area (Å²) in [4.78, 5) is 14.7. The van der Waals surface area contributed by atoms with E-state index in [9.17, 15) is 61.0 Å². The van der Waals surface area contributed by atoms with E-state index in [4.69, 9.17) is 37.6 Å². The van der Waals surface area contributed by atoms with Crippen molar-refractivity contribution in [1.29, 1.82) is 0 Å². The molecule has 3 aliphatic heterocycles. The number of hydrogen-bond acceptors (Lipinski definition) is 20. The summed E-state index contributed by atoms with van der Waals surface area (Å²) in [5.74, 6) is -1.34. The second-order valence-electron chi connectivity index (χ2n) is 14.8. The van der Waals surface area contributed by atoms with Gasteiger partial charge in [0.05, 0.1) is 26.4 Å². The number of aromatic hydroxyl groups is 1. The van der Waals surface area contributed by atoms with Crippen LogP contribution in [0, 0.1) is 0 Å². The Labute approximate surface area is 336 Å². The molecule has 20 heteroatoms. The van der Waals surface area contributed by atoms with E-state index in [-0.39, 0.29) is 34.6 Å². The maximum Gasteiger partial charge on any atom is 0.239 e. The van der Waals surface area contributed by atoms with Crippen molar-refractivity contribution in [3.05, 3.63) is 57.8 Å².